The van der Waals surface area contributed by atoms with Gasteiger partial charge in [-0.3, -0.25) is 4.68 Å². The van der Waals surface area contributed by atoms with Gasteiger partial charge in [-0.2, -0.15) is 5.10 Å². The third kappa shape index (κ3) is 4.16. The van der Waals surface area contributed by atoms with Gasteiger partial charge in [-0.1, -0.05) is 29.8 Å². The van der Waals surface area contributed by atoms with Crippen molar-refractivity contribution >= 4 is 0 Å². The van der Waals surface area contributed by atoms with Gasteiger partial charge in [0.05, 0.1) is 32.2 Å². The molecule has 0 saturated carbocycles. The Morgan fingerprint density at radius 1 is 0.759 bits per heavy atom. The minimum atomic E-state index is 0.708. The number of hydrogen-bond acceptors (Lipinski definition) is 3. The van der Waals surface area contributed by atoms with Crippen molar-refractivity contribution in [1.29, 1.82) is 0 Å². The summed E-state index contributed by atoms with van der Waals surface area (Å²) < 4.78 is 12.6. The van der Waals surface area contributed by atoms with E-state index in [4.69, 9.17) is 14.6 Å². The molecule has 0 aliphatic heterocycles. The van der Waals surface area contributed by atoms with Gasteiger partial charge in [0.15, 0.2) is 0 Å². The van der Waals surface area contributed by atoms with Crippen LogP contribution in [-0.4, -0.2) is 24.0 Å². The molecule has 0 unspecified atom stereocenters. The summed E-state index contributed by atoms with van der Waals surface area (Å²) in [6.07, 6.45) is 0. The lowest BCUT2D eigenvalue weighted by Crippen LogP contribution is -2.04. The zero-order chi connectivity index (χ0) is 20.2. The van der Waals surface area contributed by atoms with Crippen LogP contribution in [0.1, 0.15) is 11.1 Å². The van der Waals surface area contributed by atoms with E-state index >= 15 is 0 Å². The minimum absolute atomic E-state index is 0.708. The molecule has 4 nitrogen and oxygen atoms in total. The van der Waals surface area contributed by atoms with Crippen LogP contribution >= 0.6 is 0 Å². The average Bonchev–Trinajstić information content (AvgIpc) is 3.17. The molecule has 4 rings (SSSR count). The van der Waals surface area contributed by atoms with Gasteiger partial charge in [-0.05, 0) is 67.1 Å². The molecule has 0 N–H and O–H groups in total. The molecule has 0 aliphatic rings. The molecule has 0 fully saturated rings. The van der Waals surface area contributed by atoms with E-state index in [1.165, 1.54) is 11.1 Å². The first-order valence-corrected chi connectivity index (χ1v) is 9.58. The molecule has 0 bridgehead atoms. The Morgan fingerprint density at radius 3 is 1.97 bits per heavy atom. The Kier molecular flexibility index (Phi) is 5.34. The highest BCUT2D eigenvalue weighted by atomic mass is 16.5. The van der Waals surface area contributed by atoms with Crippen LogP contribution < -0.4 is 9.47 Å². The molecule has 0 spiro atoms. The number of rotatable bonds is 6. The summed E-state index contributed by atoms with van der Waals surface area (Å²) in [5.41, 5.74) is 6.64. The molecule has 0 aliphatic carbocycles. The monoisotopic (exact) mass is 384 g/mol. The molecule has 0 radical (unpaired) electrons. The predicted molar refractivity (Wildman–Crippen MR) is 116 cm³/mol. The fraction of sp³-hybridized carbons (Fsp3) is 0.160. The van der Waals surface area contributed by atoms with Gasteiger partial charge in [0.2, 0.25) is 0 Å². The number of nitrogens with zero attached hydrogens (tertiary/aromatic N) is 2. The van der Waals surface area contributed by atoms with Crippen LogP contribution in [0.15, 0.2) is 78.9 Å². The smallest absolute Gasteiger partial charge is 0.118 e. The van der Waals surface area contributed by atoms with Crippen LogP contribution in [-0.2, 0) is 6.54 Å². The second kappa shape index (κ2) is 8.23. The zero-order valence-corrected chi connectivity index (χ0v) is 16.9. The first-order valence-electron chi connectivity index (χ1n) is 9.58. The summed E-state index contributed by atoms with van der Waals surface area (Å²) in [6, 6.07) is 26.8. The van der Waals surface area contributed by atoms with Crippen LogP contribution in [0.2, 0.25) is 0 Å². The molecular weight excluding hydrogens is 360 g/mol. The third-order valence-electron chi connectivity index (χ3n) is 4.97. The van der Waals surface area contributed by atoms with Crippen molar-refractivity contribution in [3.63, 3.8) is 0 Å². The molecule has 146 valence electrons. The molecule has 1 heterocycles. The normalized spacial score (nSPS) is 10.7. The van der Waals surface area contributed by atoms with E-state index in [2.05, 4.69) is 54.1 Å². The Hall–Kier alpha value is -3.53. The van der Waals surface area contributed by atoms with Crippen molar-refractivity contribution in [2.45, 2.75) is 13.5 Å². The molecule has 0 atom stereocenters. The van der Waals surface area contributed by atoms with Crippen molar-refractivity contribution in [2.24, 2.45) is 0 Å². The molecule has 0 amide bonds. The van der Waals surface area contributed by atoms with E-state index in [1.807, 2.05) is 36.4 Å². The molecule has 29 heavy (non-hydrogen) atoms. The lowest BCUT2D eigenvalue weighted by atomic mass is 10.1. The van der Waals surface area contributed by atoms with E-state index in [9.17, 15) is 0 Å². The summed E-state index contributed by atoms with van der Waals surface area (Å²) in [5.74, 6) is 1.68. The van der Waals surface area contributed by atoms with E-state index in [0.29, 0.717) is 6.54 Å². The zero-order valence-electron chi connectivity index (χ0n) is 16.9. The summed E-state index contributed by atoms with van der Waals surface area (Å²) >= 11 is 0. The maximum atomic E-state index is 5.31. The van der Waals surface area contributed by atoms with E-state index in [-0.39, 0.29) is 0 Å². The third-order valence-corrected chi connectivity index (χ3v) is 4.97. The number of hydrogen-bond donors (Lipinski definition) is 0. The molecule has 1 aromatic heterocycles. The van der Waals surface area contributed by atoms with Gasteiger partial charge < -0.3 is 9.47 Å². The maximum Gasteiger partial charge on any atom is 0.118 e. The summed E-state index contributed by atoms with van der Waals surface area (Å²) in [7, 11) is 3.35. The van der Waals surface area contributed by atoms with Gasteiger partial charge in [-0.25, -0.2) is 0 Å². The number of methoxy groups -OCH3 is 2. The number of aromatic nitrogens is 2. The Bertz CT molecular complexity index is 1100. The molecule has 3 aromatic carbocycles. The van der Waals surface area contributed by atoms with Crippen molar-refractivity contribution in [3.8, 4) is 34.0 Å². The molecule has 4 heteroatoms. The largest absolute Gasteiger partial charge is 0.497 e. The van der Waals surface area contributed by atoms with E-state index < -0.39 is 0 Å². The van der Waals surface area contributed by atoms with Crippen molar-refractivity contribution in [1.82, 2.24) is 9.78 Å². The van der Waals surface area contributed by atoms with E-state index in [0.717, 1.165) is 34.0 Å². The highest BCUT2D eigenvalue weighted by molar-refractivity contribution is 5.69. The Labute approximate surface area is 171 Å². The Balaban J connectivity index is 1.76. The standard InChI is InChI=1S/C25H24N2O2/c1-18-5-4-6-19(15-18)17-27-25(21-9-13-23(29-3)14-10-21)16-24(26-27)20-7-11-22(28-2)12-8-20/h4-16H,17H2,1-3H3. The Morgan fingerprint density at radius 2 is 1.38 bits per heavy atom. The fourth-order valence-electron chi connectivity index (χ4n) is 3.42. The van der Waals surface area contributed by atoms with Gasteiger partial charge in [0.1, 0.15) is 11.5 Å². The number of ether oxygens (including phenoxy) is 2. The highest BCUT2D eigenvalue weighted by Gasteiger charge is 2.13. The lowest BCUT2D eigenvalue weighted by Gasteiger charge is -2.09. The SMILES string of the molecule is COc1ccc(-c2cc(-c3ccc(OC)cc3)n(Cc3cccc(C)c3)n2)cc1. The molecule has 4 aromatic rings. The van der Waals surface area contributed by atoms with Crippen LogP contribution in [0.3, 0.4) is 0 Å². The lowest BCUT2D eigenvalue weighted by molar-refractivity contribution is 0.414. The second-order valence-electron chi connectivity index (χ2n) is 7.02. The minimum Gasteiger partial charge on any atom is -0.497 e. The fourth-order valence-corrected chi connectivity index (χ4v) is 3.42. The number of aryl methyl sites for hydroxylation is 1. The summed E-state index contributed by atoms with van der Waals surface area (Å²) in [6.45, 7) is 2.82. The van der Waals surface area contributed by atoms with Gasteiger partial charge in [0, 0.05) is 11.1 Å². The summed E-state index contributed by atoms with van der Waals surface area (Å²) in [4.78, 5) is 0. The van der Waals surface area contributed by atoms with Crippen LogP contribution in [0.25, 0.3) is 22.5 Å². The molecule has 0 saturated heterocycles. The van der Waals surface area contributed by atoms with Gasteiger partial charge in [-0.15, -0.1) is 0 Å². The topological polar surface area (TPSA) is 36.3 Å². The first-order chi connectivity index (χ1) is 14.2. The van der Waals surface area contributed by atoms with Crippen molar-refractivity contribution in [2.75, 3.05) is 14.2 Å². The van der Waals surface area contributed by atoms with E-state index in [1.54, 1.807) is 14.2 Å². The summed E-state index contributed by atoms with van der Waals surface area (Å²) in [5, 5.41) is 4.92. The van der Waals surface area contributed by atoms with Gasteiger partial charge in [0.25, 0.3) is 0 Å². The first kappa shape index (κ1) is 18.8. The van der Waals surface area contributed by atoms with Crippen LogP contribution in [0.4, 0.5) is 0 Å². The van der Waals surface area contributed by atoms with Crippen LogP contribution in [0, 0.1) is 6.92 Å². The quantitative estimate of drug-likeness (QED) is 0.435. The van der Waals surface area contributed by atoms with Crippen LogP contribution in [0.5, 0.6) is 11.5 Å². The maximum absolute atomic E-state index is 5.31. The second-order valence-corrected chi connectivity index (χ2v) is 7.02. The van der Waals surface area contributed by atoms with Crippen molar-refractivity contribution in [3.05, 3.63) is 90.0 Å². The van der Waals surface area contributed by atoms with Gasteiger partial charge >= 0.3 is 0 Å². The highest BCUT2D eigenvalue weighted by Crippen LogP contribution is 2.29. The predicted octanol–water partition coefficient (Wildman–Crippen LogP) is 5.59. The molecular formula is C25H24N2O2. The average molecular weight is 384 g/mol. The number of benzene rings is 3. The van der Waals surface area contributed by atoms with Crippen molar-refractivity contribution < 1.29 is 9.47 Å².